The van der Waals surface area contributed by atoms with E-state index in [0.717, 1.165) is 49.0 Å². The van der Waals surface area contributed by atoms with Gasteiger partial charge in [-0.15, -0.1) is 0 Å². The van der Waals surface area contributed by atoms with Crippen LogP contribution in [0.4, 0.5) is 0 Å². The first-order valence-corrected chi connectivity index (χ1v) is 12.2. The first-order chi connectivity index (χ1) is 17.0. The van der Waals surface area contributed by atoms with Gasteiger partial charge in [-0.3, -0.25) is 9.69 Å². The molecule has 4 rings (SSSR count). The minimum Gasteiger partial charge on any atom is -0.493 e. The minimum atomic E-state index is -0.0707. The van der Waals surface area contributed by atoms with Gasteiger partial charge in [-0.2, -0.15) is 4.98 Å². The molecule has 0 saturated carbocycles. The highest BCUT2D eigenvalue weighted by atomic mass is 16.5. The van der Waals surface area contributed by atoms with Crippen molar-refractivity contribution in [1.82, 2.24) is 20.4 Å². The van der Waals surface area contributed by atoms with E-state index < -0.39 is 0 Å². The van der Waals surface area contributed by atoms with Crippen LogP contribution in [0.15, 0.2) is 47.0 Å². The molecule has 1 N–H and O–H groups in total. The van der Waals surface area contributed by atoms with Crippen molar-refractivity contribution >= 4 is 5.91 Å². The Labute approximate surface area is 206 Å². The Bertz CT molecular complexity index is 1140. The molecule has 35 heavy (non-hydrogen) atoms. The van der Waals surface area contributed by atoms with E-state index in [1.165, 1.54) is 0 Å². The van der Waals surface area contributed by atoms with Gasteiger partial charge in [0.1, 0.15) is 0 Å². The summed E-state index contributed by atoms with van der Waals surface area (Å²) in [6.07, 6.45) is 2.39. The van der Waals surface area contributed by atoms with E-state index in [-0.39, 0.29) is 17.9 Å². The maximum atomic E-state index is 13.0. The number of hydrogen-bond donors (Lipinski definition) is 1. The maximum Gasteiger partial charge on any atom is 0.241 e. The summed E-state index contributed by atoms with van der Waals surface area (Å²) in [6.45, 7) is 6.33. The summed E-state index contributed by atoms with van der Waals surface area (Å²) >= 11 is 0. The molecule has 0 spiro atoms. The summed E-state index contributed by atoms with van der Waals surface area (Å²) in [4.78, 5) is 19.9. The van der Waals surface area contributed by atoms with Crippen molar-refractivity contribution in [3.63, 3.8) is 0 Å². The van der Waals surface area contributed by atoms with Gasteiger partial charge in [-0.1, -0.05) is 42.4 Å². The lowest BCUT2D eigenvalue weighted by molar-refractivity contribution is -0.127. The molecule has 2 aromatic carbocycles. The molecular formula is C27H34N4O4. The number of piperidine rings is 1. The zero-order chi connectivity index (χ0) is 24.8. The number of aromatic nitrogens is 2. The summed E-state index contributed by atoms with van der Waals surface area (Å²) in [6, 6.07) is 13.7. The fourth-order valence-electron chi connectivity index (χ4n) is 4.58. The van der Waals surface area contributed by atoms with E-state index in [4.69, 9.17) is 14.0 Å². The number of likely N-dealkylation sites (tertiary alicyclic amines) is 1. The number of nitrogens with one attached hydrogen (secondary N) is 1. The van der Waals surface area contributed by atoms with Gasteiger partial charge in [-0.05, 0) is 62.5 Å². The van der Waals surface area contributed by atoms with Crippen molar-refractivity contribution < 1.29 is 18.8 Å². The van der Waals surface area contributed by atoms with Crippen molar-refractivity contribution in [2.24, 2.45) is 5.92 Å². The SMILES string of the molecule is CCC(NC(=O)C1CCN(Cc2nc(-c3ccccc3C)no2)CC1)c1ccc(OC)c(OC)c1. The van der Waals surface area contributed by atoms with Crippen molar-refractivity contribution in [3.05, 3.63) is 59.5 Å². The molecule has 186 valence electrons. The number of benzene rings is 2. The number of methoxy groups -OCH3 is 2. The van der Waals surface area contributed by atoms with Crippen LogP contribution in [0.5, 0.6) is 11.5 Å². The first kappa shape index (κ1) is 24.7. The van der Waals surface area contributed by atoms with Crippen LogP contribution in [-0.2, 0) is 11.3 Å². The van der Waals surface area contributed by atoms with Gasteiger partial charge in [0.05, 0.1) is 26.8 Å². The molecule has 1 amide bonds. The van der Waals surface area contributed by atoms with Crippen molar-refractivity contribution in [2.45, 2.75) is 45.7 Å². The number of rotatable bonds is 9. The zero-order valence-corrected chi connectivity index (χ0v) is 20.9. The van der Waals surface area contributed by atoms with E-state index in [1.807, 2.05) is 49.4 Å². The van der Waals surface area contributed by atoms with Crippen LogP contribution in [-0.4, -0.2) is 48.3 Å². The number of aryl methyl sites for hydroxylation is 1. The Morgan fingerprint density at radius 2 is 1.89 bits per heavy atom. The Kier molecular flexibility index (Phi) is 8.02. The molecule has 0 radical (unpaired) electrons. The Balaban J connectivity index is 1.31. The van der Waals surface area contributed by atoms with E-state index in [1.54, 1.807) is 14.2 Å². The smallest absolute Gasteiger partial charge is 0.241 e. The van der Waals surface area contributed by atoms with Crippen LogP contribution in [0.2, 0.25) is 0 Å². The van der Waals surface area contributed by atoms with Crippen LogP contribution < -0.4 is 14.8 Å². The van der Waals surface area contributed by atoms with Gasteiger partial charge in [-0.25, -0.2) is 0 Å². The molecule has 1 aromatic heterocycles. The van der Waals surface area contributed by atoms with Gasteiger partial charge in [0.2, 0.25) is 17.6 Å². The molecular weight excluding hydrogens is 444 g/mol. The van der Waals surface area contributed by atoms with E-state index >= 15 is 0 Å². The predicted molar refractivity (Wildman–Crippen MR) is 133 cm³/mol. The zero-order valence-electron chi connectivity index (χ0n) is 20.9. The quantitative estimate of drug-likeness (QED) is 0.483. The van der Waals surface area contributed by atoms with E-state index in [0.29, 0.717) is 29.8 Å². The minimum absolute atomic E-state index is 0.00865. The standard InChI is InChI=1S/C27H34N4O4/c1-5-22(20-10-11-23(33-3)24(16-20)34-4)28-27(32)19-12-14-31(15-13-19)17-25-29-26(30-35-25)21-9-7-6-8-18(21)2/h6-11,16,19,22H,5,12-15,17H2,1-4H3,(H,28,32). The molecule has 1 saturated heterocycles. The van der Waals surface area contributed by atoms with Crippen molar-refractivity contribution in [2.75, 3.05) is 27.3 Å². The Hall–Kier alpha value is -3.39. The highest BCUT2D eigenvalue weighted by molar-refractivity contribution is 5.79. The molecule has 3 aromatic rings. The number of carbonyl (C=O) groups is 1. The summed E-state index contributed by atoms with van der Waals surface area (Å²) < 4.78 is 16.3. The highest BCUT2D eigenvalue weighted by Gasteiger charge is 2.27. The number of hydrogen-bond acceptors (Lipinski definition) is 7. The van der Waals surface area contributed by atoms with Crippen LogP contribution in [0.25, 0.3) is 11.4 Å². The molecule has 8 nitrogen and oxygen atoms in total. The number of carbonyl (C=O) groups excluding carboxylic acids is 1. The lowest BCUT2D eigenvalue weighted by Gasteiger charge is -2.31. The fraction of sp³-hybridized carbons (Fsp3) is 0.444. The molecule has 2 heterocycles. The van der Waals surface area contributed by atoms with E-state index in [2.05, 4.69) is 27.3 Å². The average molecular weight is 479 g/mol. The van der Waals surface area contributed by atoms with Crippen LogP contribution in [0.1, 0.15) is 49.2 Å². The number of amides is 1. The first-order valence-electron chi connectivity index (χ1n) is 12.2. The molecule has 8 heteroatoms. The topological polar surface area (TPSA) is 89.7 Å². The summed E-state index contributed by atoms with van der Waals surface area (Å²) in [5.74, 6) is 2.66. The normalized spacial score (nSPS) is 15.5. The maximum absolute atomic E-state index is 13.0. The van der Waals surface area contributed by atoms with Crippen LogP contribution >= 0.6 is 0 Å². The molecule has 0 bridgehead atoms. The van der Waals surface area contributed by atoms with Gasteiger partial charge in [0.25, 0.3) is 0 Å². The average Bonchev–Trinajstić information content (AvgIpc) is 3.35. The second kappa shape index (κ2) is 11.4. The third-order valence-electron chi connectivity index (χ3n) is 6.71. The molecule has 1 fully saturated rings. The van der Waals surface area contributed by atoms with Gasteiger partial charge in [0, 0.05) is 11.5 Å². The fourth-order valence-corrected chi connectivity index (χ4v) is 4.58. The van der Waals surface area contributed by atoms with Crippen LogP contribution in [0.3, 0.4) is 0 Å². The lowest BCUT2D eigenvalue weighted by atomic mass is 9.94. The summed E-state index contributed by atoms with van der Waals surface area (Å²) in [7, 11) is 3.23. The van der Waals surface area contributed by atoms with Gasteiger partial charge in [0.15, 0.2) is 11.5 Å². The molecule has 0 aliphatic carbocycles. The molecule has 1 atom stereocenters. The number of nitrogens with zero attached hydrogens (tertiary/aromatic N) is 3. The van der Waals surface area contributed by atoms with Gasteiger partial charge >= 0.3 is 0 Å². The molecule has 1 aliphatic heterocycles. The number of ether oxygens (including phenoxy) is 2. The van der Waals surface area contributed by atoms with Crippen LogP contribution in [0, 0.1) is 12.8 Å². The molecule has 1 unspecified atom stereocenters. The van der Waals surface area contributed by atoms with Crippen molar-refractivity contribution in [1.29, 1.82) is 0 Å². The summed E-state index contributed by atoms with van der Waals surface area (Å²) in [5, 5.41) is 7.39. The van der Waals surface area contributed by atoms with Gasteiger partial charge < -0.3 is 19.3 Å². The molecule has 1 aliphatic rings. The highest BCUT2D eigenvalue weighted by Crippen LogP contribution is 2.31. The second-order valence-corrected chi connectivity index (χ2v) is 8.96. The monoisotopic (exact) mass is 478 g/mol. The third-order valence-corrected chi connectivity index (χ3v) is 6.71. The largest absolute Gasteiger partial charge is 0.493 e. The Morgan fingerprint density at radius 1 is 1.14 bits per heavy atom. The Morgan fingerprint density at radius 3 is 2.57 bits per heavy atom. The summed E-state index contributed by atoms with van der Waals surface area (Å²) in [5.41, 5.74) is 3.11. The van der Waals surface area contributed by atoms with E-state index in [9.17, 15) is 4.79 Å². The lowest BCUT2D eigenvalue weighted by Crippen LogP contribution is -2.41. The predicted octanol–water partition coefficient (Wildman–Crippen LogP) is 4.54. The van der Waals surface area contributed by atoms with Crippen molar-refractivity contribution in [3.8, 4) is 22.9 Å². The second-order valence-electron chi connectivity index (χ2n) is 8.96. The third kappa shape index (κ3) is 5.82.